The van der Waals surface area contributed by atoms with Gasteiger partial charge in [0.15, 0.2) is 0 Å². The van der Waals surface area contributed by atoms with Crippen molar-refractivity contribution in [2.24, 2.45) is 0 Å². The minimum atomic E-state index is -0.135. The highest BCUT2D eigenvalue weighted by molar-refractivity contribution is 5.87. The number of nitrogens with zero attached hydrogens (tertiary/aromatic N) is 1. The van der Waals surface area contributed by atoms with Crippen LogP contribution in [0.2, 0.25) is 0 Å². The SMILES string of the molecule is O=C(CNC(=O)C1CCCN1)NCCN1CCOCC1. The zero-order valence-electron chi connectivity index (χ0n) is 11.8. The number of hydrogen-bond acceptors (Lipinski definition) is 5. The first kappa shape index (κ1) is 15.2. The van der Waals surface area contributed by atoms with Crippen LogP contribution < -0.4 is 16.0 Å². The predicted octanol–water partition coefficient (Wildman–Crippen LogP) is -1.70. The molecule has 2 amide bonds. The molecule has 1 unspecified atom stereocenters. The number of ether oxygens (including phenoxy) is 1. The summed E-state index contributed by atoms with van der Waals surface area (Å²) in [5.41, 5.74) is 0. The second-order valence-corrected chi connectivity index (χ2v) is 5.17. The molecule has 2 fully saturated rings. The molecular formula is C13H24N4O3. The maximum Gasteiger partial charge on any atom is 0.239 e. The predicted molar refractivity (Wildman–Crippen MR) is 74.3 cm³/mol. The van der Waals surface area contributed by atoms with Gasteiger partial charge in [0.2, 0.25) is 11.8 Å². The Kier molecular flexibility index (Phi) is 6.23. The van der Waals surface area contributed by atoms with Crippen LogP contribution in [0.3, 0.4) is 0 Å². The van der Waals surface area contributed by atoms with E-state index in [1.54, 1.807) is 0 Å². The lowest BCUT2D eigenvalue weighted by atomic mass is 10.2. The van der Waals surface area contributed by atoms with E-state index in [-0.39, 0.29) is 24.4 Å². The standard InChI is InChI=1S/C13H24N4O3/c18-12(10-16-13(19)11-2-1-3-14-11)15-4-5-17-6-8-20-9-7-17/h11,14H,1-10H2,(H,15,18)(H,16,19). The summed E-state index contributed by atoms with van der Waals surface area (Å²) in [5, 5.41) is 8.59. The molecule has 20 heavy (non-hydrogen) atoms. The number of amides is 2. The first-order valence-electron chi connectivity index (χ1n) is 7.33. The van der Waals surface area contributed by atoms with Crippen LogP contribution in [0.25, 0.3) is 0 Å². The summed E-state index contributed by atoms with van der Waals surface area (Å²) in [6.07, 6.45) is 1.87. The van der Waals surface area contributed by atoms with Crippen LogP contribution in [0.1, 0.15) is 12.8 Å². The molecule has 7 nitrogen and oxygen atoms in total. The van der Waals surface area contributed by atoms with E-state index in [1.807, 2.05) is 0 Å². The molecule has 0 aliphatic carbocycles. The van der Waals surface area contributed by atoms with Crippen LogP contribution in [-0.2, 0) is 14.3 Å². The molecule has 0 aromatic rings. The molecule has 0 radical (unpaired) electrons. The minimum Gasteiger partial charge on any atom is -0.379 e. The summed E-state index contributed by atoms with van der Waals surface area (Å²) in [6, 6.07) is -0.129. The molecule has 1 atom stereocenters. The van der Waals surface area contributed by atoms with Crippen molar-refractivity contribution in [3.05, 3.63) is 0 Å². The van der Waals surface area contributed by atoms with Crippen molar-refractivity contribution >= 4 is 11.8 Å². The summed E-state index contributed by atoms with van der Waals surface area (Å²) in [5.74, 6) is -0.213. The number of carbonyl (C=O) groups excluding carboxylic acids is 2. The molecule has 0 aromatic carbocycles. The van der Waals surface area contributed by atoms with E-state index in [4.69, 9.17) is 4.74 Å². The Morgan fingerprint density at radius 2 is 2.05 bits per heavy atom. The van der Waals surface area contributed by atoms with E-state index in [9.17, 15) is 9.59 Å². The molecular weight excluding hydrogens is 260 g/mol. The second kappa shape index (κ2) is 8.18. The van der Waals surface area contributed by atoms with Crippen molar-refractivity contribution in [2.75, 3.05) is 52.5 Å². The van der Waals surface area contributed by atoms with Crippen LogP contribution in [0.15, 0.2) is 0 Å². The highest BCUT2D eigenvalue weighted by Crippen LogP contribution is 2.03. The fraction of sp³-hybridized carbons (Fsp3) is 0.846. The van der Waals surface area contributed by atoms with Gasteiger partial charge in [-0.25, -0.2) is 0 Å². The molecule has 0 saturated carbocycles. The highest BCUT2D eigenvalue weighted by Gasteiger charge is 2.21. The molecule has 2 aliphatic heterocycles. The van der Waals surface area contributed by atoms with Gasteiger partial charge in [-0.05, 0) is 19.4 Å². The molecule has 7 heteroatoms. The number of nitrogens with one attached hydrogen (secondary N) is 3. The van der Waals surface area contributed by atoms with Gasteiger partial charge in [-0.15, -0.1) is 0 Å². The number of morpholine rings is 1. The molecule has 114 valence electrons. The van der Waals surface area contributed by atoms with Gasteiger partial charge in [-0.1, -0.05) is 0 Å². The van der Waals surface area contributed by atoms with Crippen LogP contribution >= 0.6 is 0 Å². The summed E-state index contributed by atoms with van der Waals surface area (Å²) in [7, 11) is 0. The Hall–Kier alpha value is -1.18. The lowest BCUT2D eigenvalue weighted by Gasteiger charge is -2.26. The normalized spacial score (nSPS) is 23.5. The van der Waals surface area contributed by atoms with Crippen LogP contribution in [0.4, 0.5) is 0 Å². The molecule has 2 saturated heterocycles. The van der Waals surface area contributed by atoms with Gasteiger partial charge in [0.05, 0.1) is 25.8 Å². The van der Waals surface area contributed by atoms with Crippen molar-refractivity contribution in [1.82, 2.24) is 20.9 Å². The van der Waals surface area contributed by atoms with Gasteiger partial charge < -0.3 is 20.7 Å². The van der Waals surface area contributed by atoms with E-state index < -0.39 is 0 Å². The second-order valence-electron chi connectivity index (χ2n) is 5.17. The fourth-order valence-electron chi connectivity index (χ4n) is 2.44. The zero-order valence-corrected chi connectivity index (χ0v) is 11.8. The smallest absolute Gasteiger partial charge is 0.239 e. The summed E-state index contributed by atoms with van der Waals surface area (Å²) in [4.78, 5) is 25.6. The van der Waals surface area contributed by atoms with Gasteiger partial charge in [0.1, 0.15) is 0 Å². The van der Waals surface area contributed by atoms with E-state index in [0.717, 1.165) is 52.2 Å². The Morgan fingerprint density at radius 3 is 2.75 bits per heavy atom. The number of carbonyl (C=O) groups is 2. The summed E-state index contributed by atoms with van der Waals surface area (Å²) >= 11 is 0. The lowest BCUT2D eigenvalue weighted by molar-refractivity contribution is -0.127. The van der Waals surface area contributed by atoms with Crippen LogP contribution in [0.5, 0.6) is 0 Å². The Bertz CT molecular complexity index is 326. The Balaban J connectivity index is 1.52. The molecule has 2 aliphatic rings. The van der Waals surface area contributed by atoms with E-state index in [2.05, 4.69) is 20.9 Å². The monoisotopic (exact) mass is 284 g/mol. The van der Waals surface area contributed by atoms with Gasteiger partial charge in [-0.2, -0.15) is 0 Å². The van der Waals surface area contributed by atoms with Gasteiger partial charge >= 0.3 is 0 Å². The zero-order chi connectivity index (χ0) is 14.2. The third-order valence-electron chi connectivity index (χ3n) is 3.65. The van der Waals surface area contributed by atoms with Crippen molar-refractivity contribution in [3.63, 3.8) is 0 Å². The quantitative estimate of drug-likeness (QED) is 0.542. The fourth-order valence-corrected chi connectivity index (χ4v) is 2.44. The molecule has 3 N–H and O–H groups in total. The number of rotatable bonds is 6. The minimum absolute atomic E-state index is 0.0557. The molecule has 2 heterocycles. The Labute approximate surface area is 119 Å². The van der Waals surface area contributed by atoms with E-state index >= 15 is 0 Å². The summed E-state index contributed by atoms with van der Waals surface area (Å²) < 4.78 is 5.26. The van der Waals surface area contributed by atoms with E-state index in [0.29, 0.717) is 6.54 Å². The van der Waals surface area contributed by atoms with Crippen LogP contribution in [0, 0.1) is 0 Å². The van der Waals surface area contributed by atoms with Crippen LogP contribution in [-0.4, -0.2) is 75.2 Å². The first-order valence-corrected chi connectivity index (χ1v) is 7.33. The third kappa shape index (κ3) is 5.07. The maximum atomic E-state index is 11.7. The van der Waals surface area contributed by atoms with Crippen molar-refractivity contribution in [2.45, 2.75) is 18.9 Å². The topological polar surface area (TPSA) is 82.7 Å². The van der Waals surface area contributed by atoms with Gasteiger partial charge in [0, 0.05) is 26.2 Å². The number of hydrogen-bond donors (Lipinski definition) is 3. The largest absolute Gasteiger partial charge is 0.379 e. The van der Waals surface area contributed by atoms with Crippen molar-refractivity contribution in [1.29, 1.82) is 0 Å². The first-order chi connectivity index (χ1) is 9.75. The molecule has 0 aromatic heterocycles. The van der Waals surface area contributed by atoms with Crippen molar-refractivity contribution < 1.29 is 14.3 Å². The highest BCUT2D eigenvalue weighted by atomic mass is 16.5. The summed E-state index contributed by atoms with van der Waals surface area (Å²) in [6.45, 7) is 5.73. The van der Waals surface area contributed by atoms with Crippen molar-refractivity contribution in [3.8, 4) is 0 Å². The molecule has 2 rings (SSSR count). The van der Waals surface area contributed by atoms with E-state index in [1.165, 1.54) is 0 Å². The average Bonchev–Trinajstić information content (AvgIpc) is 3.00. The Morgan fingerprint density at radius 1 is 1.25 bits per heavy atom. The van der Waals surface area contributed by atoms with Gasteiger partial charge in [0.25, 0.3) is 0 Å². The molecule has 0 bridgehead atoms. The third-order valence-corrected chi connectivity index (χ3v) is 3.65. The molecule has 0 spiro atoms. The maximum absolute atomic E-state index is 11.7. The average molecular weight is 284 g/mol. The lowest BCUT2D eigenvalue weighted by Crippen LogP contribution is -2.46. The van der Waals surface area contributed by atoms with Gasteiger partial charge in [-0.3, -0.25) is 14.5 Å².